The fourth-order valence-electron chi connectivity index (χ4n) is 3.21. The minimum atomic E-state index is -0.380. The number of hydrogen-bond acceptors (Lipinski definition) is 3. The highest BCUT2D eigenvalue weighted by Gasteiger charge is 2.14. The van der Waals surface area contributed by atoms with Crippen LogP contribution in [0.15, 0.2) is 86.4 Å². The second kappa shape index (κ2) is 4.83. The van der Waals surface area contributed by atoms with E-state index in [2.05, 4.69) is 0 Å². The Labute approximate surface area is 136 Å². The van der Waals surface area contributed by atoms with Crippen LogP contribution >= 0.6 is 0 Å². The molecule has 5 aromatic rings. The van der Waals surface area contributed by atoms with Crippen LogP contribution in [0.3, 0.4) is 0 Å². The number of benzene rings is 3. The van der Waals surface area contributed by atoms with Gasteiger partial charge >= 0.3 is 5.63 Å². The summed E-state index contributed by atoms with van der Waals surface area (Å²) in [6, 6.07) is 23.1. The summed E-state index contributed by atoms with van der Waals surface area (Å²) in [6.07, 6.45) is 0. The standard InChI is InChI=1S/C21H12O3/c22-20-12-17(19-11-14-6-2-4-8-18(14)23-19)16-10-9-13-5-1-3-7-15(13)21(16)24-20/h1-12H. The summed E-state index contributed by atoms with van der Waals surface area (Å²) < 4.78 is 11.5. The van der Waals surface area contributed by atoms with Gasteiger partial charge in [0.25, 0.3) is 0 Å². The van der Waals surface area contributed by atoms with Crippen molar-refractivity contribution in [3.8, 4) is 11.3 Å². The van der Waals surface area contributed by atoms with Crippen molar-refractivity contribution in [3.63, 3.8) is 0 Å². The summed E-state index contributed by atoms with van der Waals surface area (Å²) in [6.45, 7) is 0. The number of fused-ring (bicyclic) bond motifs is 4. The van der Waals surface area contributed by atoms with E-state index in [0.29, 0.717) is 11.3 Å². The number of hydrogen-bond donors (Lipinski definition) is 0. The van der Waals surface area contributed by atoms with E-state index in [0.717, 1.165) is 32.7 Å². The van der Waals surface area contributed by atoms with E-state index in [4.69, 9.17) is 8.83 Å². The van der Waals surface area contributed by atoms with Crippen LogP contribution in [0.1, 0.15) is 0 Å². The highest BCUT2D eigenvalue weighted by molar-refractivity contribution is 6.08. The molecule has 0 spiro atoms. The summed E-state index contributed by atoms with van der Waals surface area (Å²) in [5.74, 6) is 0.671. The van der Waals surface area contributed by atoms with Gasteiger partial charge in [-0.25, -0.2) is 4.79 Å². The Hall–Kier alpha value is -3.33. The molecule has 3 heteroatoms. The zero-order valence-corrected chi connectivity index (χ0v) is 12.7. The van der Waals surface area contributed by atoms with Gasteiger partial charge in [0.2, 0.25) is 0 Å². The normalized spacial score (nSPS) is 11.5. The molecule has 0 aliphatic rings. The van der Waals surface area contributed by atoms with E-state index in [9.17, 15) is 4.79 Å². The van der Waals surface area contributed by atoms with Gasteiger partial charge in [-0.05, 0) is 23.6 Å². The molecule has 0 bridgehead atoms. The molecule has 0 radical (unpaired) electrons. The van der Waals surface area contributed by atoms with Gasteiger partial charge in [0, 0.05) is 27.8 Å². The van der Waals surface area contributed by atoms with Crippen LogP contribution in [0.2, 0.25) is 0 Å². The van der Waals surface area contributed by atoms with Crippen molar-refractivity contribution in [2.45, 2.75) is 0 Å². The van der Waals surface area contributed by atoms with E-state index < -0.39 is 0 Å². The lowest BCUT2D eigenvalue weighted by atomic mass is 10.0. The van der Waals surface area contributed by atoms with Crippen molar-refractivity contribution in [2.75, 3.05) is 0 Å². The predicted molar refractivity (Wildman–Crippen MR) is 95.2 cm³/mol. The van der Waals surface area contributed by atoms with Gasteiger partial charge in [0.1, 0.15) is 16.9 Å². The number of furan rings is 1. The predicted octanol–water partition coefficient (Wildman–Crippen LogP) is 5.36. The lowest BCUT2D eigenvalue weighted by molar-refractivity contribution is 0.563. The van der Waals surface area contributed by atoms with Gasteiger partial charge in [0.05, 0.1) is 0 Å². The van der Waals surface area contributed by atoms with Crippen molar-refractivity contribution < 1.29 is 8.83 Å². The van der Waals surface area contributed by atoms with Crippen molar-refractivity contribution in [2.24, 2.45) is 0 Å². The molecule has 0 saturated heterocycles. The highest BCUT2D eigenvalue weighted by Crippen LogP contribution is 2.34. The largest absolute Gasteiger partial charge is 0.456 e. The van der Waals surface area contributed by atoms with Crippen LogP contribution in [0, 0.1) is 0 Å². The van der Waals surface area contributed by atoms with Gasteiger partial charge in [-0.15, -0.1) is 0 Å². The Morgan fingerprint density at radius 1 is 0.667 bits per heavy atom. The first-order valence-electron chi connectivity index (χ1n) is 7.74. The third-order valence-electron chi connectivity index (χ3n) is 4.33. The summed E-state index contributed by atoms with van der Waals surface area (Å²) in [5, 5.41) is 3.84. The van der Waals surface area contributed by atoms with E-state index in [1.54, 1.807) is 0 Å². The van der Waals surface area contributed by atoms with E-state index in [1.165, 1.54) is 6.07 Å². The first kappa shape index (κ1) is 13.1. The van der Waals surface area contributed by atoms with Gasteiger partial charge < -0.3 is 8.83 Å². The monoisotopic (exact) mass is 312 g/mol. The molecule has 0 saturated carbocycles. The van der Waals surface area contributed by atoms with Gasteiger partial charge in [0.15, 0.2) is 0 Å². The zero-order valence-electron chi connectivity index (χ0n) is 12.7. The summed E-state index contributed by atoms with van der Waals surface area (Å²) in [5.41, 5.74) is 1.77. The lowest BCUT2D eigenvalue weighted by Gasteiger charge is -2.05. The maximum atomic E-state index is 12.1. The molecule has 0 fully saturated rings. The van der Waals surface area contributed by atoms with Crippen LogP contribution in [0.5, 0.6) is 0 Å². The Morgan fingerprint density at radius 2 is 1.46 bits per heavy atom. The molecule has 0 amide bonds. The van der Waals surface area contributed by atoms with Crippen molar-refractivity contribution in [3.05, 3.63) is 83.2 Å². The molecule has 3 nitrogen and oxygen atoms in total. The van der Waals surface area contributed by atoms with Crippen LogP contribution in [0.4, 0.5) is 0 Å². The van der Waals surface area contributed by atoms with Crippen LogP contribution < -0.4 is 5.63 Å². The molecule has 24 heavy (non-hydrogen) atoms. The Morgan fingerprint density at radius 3 is 2.33 bits per heavy atom. The molecule has 0 N–H and O–H groups in total. The summed E-state index contributed by atoms with van der Waals surface area (Å²) in [7, 11) is 0. The first-order valence-corrected chi connectivity index (χ1v) is 7.74. The van der Waals surface area contributed by atoms with Crippen LogP contribution in [-0.2, 0) is 0 Å². The fraction of sp³-hybridized carbons (Fsp3) is 0. The van der Waals surface area contributed by atoms with E-state index >= 15 is 0 Å². The van der Waals surface area contributed by atoms with Gasteiger partial charge in [-0.2, -0.15) is 0 Å². The Balaban J connectivity index is 1.91. The molecular weight excluding hydrogens is 300 g/mol. The Kier molecular flexibility index (Phi) is 2.65. The number of para-hydroxylation sites is 1. The second-order valence-corrected chi connectivity index (χ2v) is 5.79. The third-order valence-corrected chi connectivity index (χ3v) is 4.33. The van der Waals surface area contributed by atoms with E-state index in [1.807, 2.05) is 66.7 Å². The molecule has 0 aliphatic heterocycles. The Bertz CT molecular complexity index is 1240. The maximum Gasteiger partial charge on any atom is 0.336 e. The molecule has 0 aliphatic carbocycles. The summed E-state index contributed by atoms with van der Waals surface area (Å²) >= 11 is 0. The molecular formula is C21H12O3. The van der Waals surface area contributed by atoms with Gasteiger partial charge in [-0.3, -0.25) is 0 Å². The quantitative estimate of drug-likeness (QED) is 0.309. The minimum Gasteiger partial charge on any atom is -0.456 e. The molecule has 114 valence electrons. The second-order valence-electron chi connectivity index (χ2n) is 5.79. The molecule has 0 unspecified atom stereocenters. The zero-order chi connectivity index (χ0) is 16.1. The SMILES string of the molecule is O=c1cc(-c2cc3ccccc3o2)c2ccc3ccccc3c2o1. The smallest absolute Gasteiger partial charge is 0.336 e. The average Bonchev–Trinajstić information content (AvgIpc) is 3.05. The fourth-order valence-corrected chi connectivity index (χ4v) is 3.21. The van der Waals surface area contributed by atoms with Gasteiger partial charge in [-0.1, -0.05) is 48.5 Å². The van der Waals surface area contributed by atoms with Crippen LogP contribution in [-0.4, -0.2) is 0 Å². The van der Waals surface area contributed by atoms with Crippen molar-refractivity contribution >= 4 is 32.7 Å². The lowest BCUT2D eigenvalue weighted by Crippen LogP contribution is -1.98. The number of rotatable bonds is 1. The summed E-state index contributed by atoms with van der Waals surface area (Å²) in [4.78, 5) is 12.1. The van der Waals surface area contributed by atoms with Crippen molar-refractivity contribution in [1.29, 1.82) is 0 Å². The molecule has 2 aromatic heterocycles. The topological polar surface area (TPSA) is 43.4 Å². The average molecular weight is 312 g/mol. The maximum absolute atomic E-state index is 12.1. The third kappa shape index (κ3) is 1.88. The highest BCUT2D eigenvalue weighted by atomic mass is 16.4. The molecule has 3 aromatic carbocycles. The van der Waals surface area contributed by atoms with Crippen LogP contribution in [0.25, 0.3) is 44.0 Å². The minimum absolute atomic E-state index is 0.380. The molecule has 5 rings (SSSR count). The first-order chi connectivity index (χ1) is 11.8. The van der Waals surface area contributed by atoms with Crippen molar-refractivity contribution in [1.82, 2.24) is 0 Å². The molecule has 2 heterocycles. The molecule has 0 atom stereocenters. The van der Waals surface area contributed by atoms with E-state index in [-0.39, 0.29) is 5.63 Å².